The van der Waals surface area contributed by atoms with Gasteiger partial charge >= 0.3 is 0 Å². The van der Waals surface area contributed by atoms with Crippen molar-refractivity contribution in [2.45, 2.75) is 26.4 Å². The van der Waals surface area contributed by atoms with Gasteiger partial charge in [-0.1, -0.05) is 0 Å². The molecule has 5 nitrogen and oxygen atoms in total. The predicted molar refractivity (Wildman–Crippen MR) is 67.2 cm³/mol. The van der Waals surface area contributed by atoms with Crippen LogP contribution in [0.5, 0.6) is 0 Å². The van der Waals surface area contributed by atoms with Gasteiger partial charge in [-0.3, -0.25) is 0 Å². The van der Waals surface area contributed by atoms with Gasteiger partial charge < -0.3 is 23.0 Å². The Morgan fingerprint density at radius 2 is 1.37 bits per heavy atom. The normalized spacial score (nSPS) is 14.4. The highest BCUT2D eigenvalue weighted by atomic mass is 16.8. The summed E-state index contributed by atoms with van der Waals surface area (Å²) in [5, 5.41) is 0. The minimum atomic E-state index is -0.623. The second kappa shape index (κ2) is 7.13. The predicted octanol–water partition coefficient (Wildman–Crippen LogP) is 3.66. The zero-order valence-electron chi connectivity index (χ0n) is 11.1. The van der Waals surface area contributed by atoms with Gasteiger partial charge in [-0.15, -0.1) is 0 Å². The first kappa shape index (κ1) is 13.9. The van der Waals surface area contributed by atoms with Crippen molar-refractivity contribution in [3.63, 3.8) is 0 Å². The monoisotopic (exact) mass is 266 g/mol. The largest absolute Gasteiger partial charge is 0.464 e. The molecular formula is C14H18O5. The summed E-state index contributed by atoms with van der Waals surface area (Å²) in [6.45, 7) is 4.79. The third-order valence-electron chi connectivity index (χ3n) is 2.43. The topological polar surface area (TPSA) is 54.0 Å². The molecule has 0 aromatic carbocycles. The van der Waals surface area contributed by atoms with Crippen molar-refractivity contribution in [1.82, 2.24) is 0 Å². The van der Waals surface area contributed by atoms with Crippen LogP contribution in [0.2, 0.25) is 0 Å². The van der Waals surface area contributed by atoms with E-state index < -0.39 is 12.6 Å². The average molecular weight is 266 g/mol. The molecule has 2 heterocycles. The molecule has 0 aliphatic carbocycles. The highest BCUT2D eigenvalue weighted by Crippen LogP contribution is 2.29. The van der Waals surface area contributed by atoms with Gasteiger partial charge in [0.1, 0.15) is 0 Å². The fourth-order valence-electron chi connectivity index (χ4n) is 1.64. The van der Waals surface area contributed by atoms with Crippen LogP contribution in [0, 0.1) is 0 Å². The van der Waals surface area contributed by atoms with E-state index in [1.54, 1.807) is 36.8 Å². The Kier molecular flexibility index (Phi) is 5.20. The zero-order valence-corrected chi connectivity index (χ0v) is 11.1. The number of rotatable bonds is 8. The van der Waals surface area contributed by atoms with Crippen LogP contribution >= 0.6 is 0 Å². The first-order valence-corrected chi connectivity index (χ1v) is 6.30. The van der Waals surface area contributed by atoms with Crippen LogP contribution in [-0.2, 0) is 14.2 Å². The molecule has 2 unspecified atom stereocenters. The highest BCUT2D eigenvalue weighted by molar-refractivity contribution is 5.02. The molecule has 2 aromatic heterocycles. The molecule has 2 rings (SSSR count). The van der Waals surface area contributed by atoms with Crippen LogP contribution in [0.15, 0.2) is 45.6 Å². The van der Waals surface area contributed by atoms with Crippen molar-refractivity contribution in [2.75, 3.05) is 13.2 Å². The van der Waals surface area contributed by atoms with Crippen molar-refractivity contribution < 1.29 is 23.0 Å². The number of hydrogen-bond acceptors (Lipinski definition) is 5. The van der Waals surface area contributed by atoms with Gasteiger partial charge in [0.2, 0.25) is 12.6 Å². The molecule has 0 fully saturated rings. The van der Waals surface area contributed by atoms with Crippen LogP contribution in [-0.4, -0.2) is 13.2 Å². The molecule has 5 heteroatoms. The van der Waals surface area contributed by atoms with E-state index in [1.165, 1.54) is 0 Å². The van der Waals surface area contributed by atoms with E-state index in [0.717, 1.165) is 0 Å². The van der Waals surface area contributed by atoms with E-state index in [9.17, 15) is 0 Å². The lowest BCUT2D eigenvalue weighted by molar-refractivity contribution is -0.262. The summed E-state index contributed by atoms with van der Waals surface area (Å²) in [6, 6.07) is 7.16. The Labute approximate surface area is 112 Å². The lowest BCUT2D eigenvalue weighted by Gasteiger charge is -2.21. The Morgan fingerprint density at radius 1 is 0.895 bits per heavy atom. The van der Waals surface area contributed by atoms with Gasteiger partial charge in [0.05, 0.1) is 12.5 Å². The SMILES string of the molecule is CCOC(OC(OCC)c1ccco1)c1ccco1. The standard InChI is InChI=1S/C14H18O5/c1-3-15-13(11-7-5-9-17-11)19-14(16-4-2)12-8-6-10-18-12/h5-10,13-14H,3-4H2,1-2H3. The second-order valence-corrected chi connectivity index (χ2v) is 3.74. The minimum absolute atomic E-state index is 0.502. The van der Waals surface area contributed by atoms with Gasteiger partial charge in [0, 0.05) is 13.2 Å². The van der Waals surface area contributed by atoms with E-state index >= 15 is 0 Å². The summed E-state index contributed by atoms with van der Waals surface area (Å²) in [7, 11) is 0. The average Bonchev–Trinajstić information content (AvgIpc) is 3.10. The smallest absolute Gasteiger partial charge is 0.220 e. The van der Waals surface area contributed by atoms with Crippen LogP contribution in [0.4, 0.5) is 0 Å². The second-order valence-electron chi connectivity index (χ2n) is 3.74. The van der Waals surface area contributed by atoms with Crippen molar-refractivity contribution in [3.05, 3.63) is 48.3 Å². The highest BCUT2D eigenvalue weighted by Gasteiger charge is 2.24. The van der Waals surface area contributed by atoms with E-state index in [4.69, 9.17) is 23.0 Å². The third-order valence-corrected chi connectivity index (χ3v) is 2.43. The Balaban J connectivity index is 2.09. The van der Waals surface area contributed by atoms with E-state index in [0.29, 0.717) is 24.7 Å². The van der Waals surface area contributed by atoms with Gasteiger partial charge in [0.25, 0.3) is 0 Å². The van der Waals surface area contributed by atoms with Crippen molar-refractivity contribution >= 4 is 0 Å². The van der Waals surface area contributed by atoms with Crippen LogP contribution in [0.1, 0.15) is 37.9 Å². The number of furan rings is 2. The van der Waals surface area contributed by atoms with Crippen molar-refractivity contribution in [1.29, 1.82) is 0 Å². The maximum atomic E-state index is 5.79. The molecule has 0 aliphatic rings. The Bertz CT molecular complexity index is 392. The molecule has 0 N–H and O–H groups in total. The summed E-state index contributed by atoms with van der Waals surface area (Å²) < 4.78 is 27.5. The molecule has 0 saturated heterocycles. The molecule has 0 spiro atoms. The molecule has 0 saturated carbocycles. The molecule has 104 valence electrons. The zero-order chi connectivity index (χ0) is 13.5. The van der Waals surface area contributed by atoms with Crippen molar-refractivity contribution in [3.8, 4) is 0 Å². The Morgan fingerprint density at radius 3 is 1.68 bits per heavy atom. The van der Waals surface area contributed by atoms with E-state index in [-0.39, 0.29) is 0 Å². The fourth-order valence-corrected chi connectivity index (χ4v) is 1.64. The summed E-state index contributed by atoms with van der Waals surface area (Å²) >= 11 is 0. The van der Waals surface area contributed by atoms with Gasteiger partial charge in [-0.2, -0.15) is 0 Å². The number of hydrogen-bond donors (Lipinski definition) is 0. The summed E-state index contributed by atoms with van der Waals surface area (Å²) in [5.74, 6) is 1.19. The van der Waals surface area contributed by atoms with E-state index in [2.05, 4.69) is 0 Å². The summed E-state index contributed by atoms with van der Waals surface area (Å²) in [6.07, 6.45) is 1.91. The van der Waals surface area contributed by atoms with Crippen LogP contribution < -0.4 is 0 Å². The lowest BCUT2D eigenvalue weighted by Crippen LogP contribution is -2.15. The van der Waals surface area contributed by atoms with Gasteiger partial charge in [0.15, 0.2) is 11.5 Å². The molecule has 2 aromatic rings. The molecule has 0 aliphatic heterocycles. The quantitative estimate of drug-likeness (QED) is 0.682. The summed E-state index contributed by atoms with van der Waals surface area (Å²) in [5.41, 5.74) is 0. The maximum Gasteiger partial charge on any atom is 0.220 e. The molecule has 0 radical (unpaired) electrons. The lowest BCUT2D eigenvalue weighted by atomic mass is 10.4. The molecule has 0 amide bonds. The Hall–Kier alpha value is -1.56. The van der Waals surface area contributed by atoms with Gasteiger partial charge in [-0.25, -0.2) is 0 Å². The molecular weight excluding hydrogens is 248 g/mol. The van der Waals surface area contributed by atoms with Gasteiger partial charge in [-0.05, 0) is 38.1 Å². The molecule has 2 atom stereocenters. The first-order valence-electron chi connectivity index (χ1n) is 6.30. The maximum absolute atomic E-state index is 5.79. The third kappa shape index (κ3) is 3.70. The fraction of sp³-hybridized carbons (Fsp3) is 0.429. The number of ether oxygens (including phenoxy) is 3. The minimum Gasteiger partial charge on any atom is -0.464 e. The van der Waals surface area contributed by atoms with Crippen molar-refractivity contribution in [2.24, 2.45) is 0 Å². The molecule has 0 bridgehead atoms. The molecule has 19 heavy (non-hydrogen) atoms. The van der Waals surface area contributed by atoms with Crippen LogP contribution in [0.3, 0.4) is 0 Å². The first-order chi connectivity index (χ1) is 9.35. The van der Waals surface area contributed by atoms with E-state index in [1.807, 2.05) is 13.8 Å². The van der Waals surface area contributed by atoms with Crippen LogP contribution in [0.25, 0.3) is 0 Å². The summed E-state index contributed by atoms with van der Waals surface area (Å²) in [4.78, 5) is 0.